The van der Waals surface area contributed by atoms with Gasteiger partial charge in [0.1, 0.15) is 5.69 Å². The van der Waals surface area contributed by atoms with Crippen molar-refractivity contribution in [2.75, 3.05) is 0 Å². The van der Waals surface area contributed by atoms with Crippen molar-refractivity contribution in [1.82, 2.24) is 15.0 Å². The number of nitrogens with one attached hydrogen (secondary N) is 1. The number of pyridine rings is 1. The minimum Gasteiger partial charge on any atom is -0.481 e. The van der Waals surface area contributed by atoms with Crippen molar-refractivity contribution in [3.63, 3.8) is 0 Å². The van der Waals surface area contributed by atoms with Gasteiger partial charge < -0.3 is 10.1 Å². The summed E-state index contributed by atoms with van der Waals surface area (Å²) < 4.78 is 0. The molecule has 32 heavy (non-hydrogen) atoms. The number of imidazole rings is 1. The van der Waals surface area contributed by atoms with Crippen LogP contribution in [-0.4, -0.2) is 26.0 Å². The highest BCUT2D eigenvalue weighted by Crippen LogP contribution is 2.37. The molecule has 0 aliphatic heterocycles. The highest BCUT2D eigenvalue weighted by atomic mass is 35.5. The summed E-state index contributed by atoms with van der Waals surface area (Å²) in [5.41, 5.74) is 6.08. The lowest BCUT2D eigenvalue weighted by molar-refractivity contribution is -0.138. The second-order valence-corrected chi connectivity index (χ2v) is 9.05. The van der Waals surface area contributed by atoms with Gasteiger partial charge in [-0.1, -0.05) is 41.9 Å². The Kier molecular flexibility index (Phi) is 5.66. The number of aromatic amines is 1. The van der Waals surface area contributed by atoms with Crippen LogP contribution in [0.4, 0.5) is 0 Å². The molecule has 1 aliphatic rings. The fourth-order valence-corrected chi connectivity index (χ4v) is 4.87. The first-order valence-electron chi connectivity index (χ1n) is 11.0. The maximum atomic E-state index is 10.9. The summed E-state index contributed by atoms with van der Waals surface area (Å²) in [6.07, 6.45) is 6.31. The Hall–Kier alpha value is -3.18. The van der Waals surface area contributed by atoms with Crippen molar-refractivity contribution in [3.8, 4) is 22.6 Å². The van der Waals surface area contributed by atoms with E-state index in [4.69, 9.17) is 16.7 Å². The van der Waals surface area contributed by atoms with Gasteiger partial charge in [0.05, 0.1) is 11.0 Å². The maximum absolute atomic E-state index is 10.9. The summed E-state index contributed by atoms with van der Waals surface area (Å²) in [6, 6.07) is 18.3. The van der Waals surface area contributed by atoms with E-state index in [1.54, 1.807) is 0 Å². The van der Waals surface area contributed by atoms with E-state index in [1.165, 1.54) is 5.56 Å². The van der Waals surface area contributed by atoms with Gasteiger partial charge in [0.2, 0.25) is 0 Å². The summed E-state index contributed by atoms with van der Waals surface area (Å²) in [5.74, 6) is 0.900. The molecule has 0 amide bonds. The van der Waals surface area contributed by atoms with Gasteiger partial charge in [-0.25, -0.2) is 4.98 Å². The van der Waals surface area contributed by atoms with E-state index in [0.29, 0.717) is 23.3 Å². The molecule has 5 nitrogen and oxygen atoms in total. The molecule has 0 bridgehead atoms. The Bertz CT molecular complexity index is 1240. The number of carbonyl (C=O) groups is 1. The normalized spacial score (nSPS) is 18.7. The smallest absolute Gasteiger partial charge is 0.303 e. The Labute approximate surface area is 191 Å². The average Bonchev–Trinajstić information content (AvgIpc) is 3.23. The quantitative estimate of drug-likeness (QED) is 0.358. The molecular formula is C26H24ClN3O2. The van der Waals surface area contributed by atoms with Gasteiger partial charge in [-0.15, -0.1) is 0 Å². The summed E-state index contributed by atoms with van der Waals surface area (Å²) in [6.45, 7) is 0. The highest BCUT2D eigenvalue weighted by molar-refractivity contribution is 6.31. The van der Waals surface area contributed by atoms with Crippen LogP contribution in [0.25, 0.3) is 33.7 Å². The van der Waals surface area contributed by atoms with E-state index < -0.39 is 5.97 Å². The number of nitrogens with zero attached hydrogens (tertiary/aromatic N) is 2. The first-order valence-corrected chi connectivity index (χ1v) is 11.4. The number of benzene rings is 2. The van der Waals surface area contributed by atoms with Crippen LogP contribution in [0.15, 0.2) is 60.8 Å². The number of hydrogen-bond donors (Lipinski definition) is 2. The number of hydrogen-bond acceptors (Lipinski definition) is 3. The van der Waals surface area contributed by atoms with Crippen LogP contribution in [0.5, 0.6) is 0 Å². The molecule has 5 rings (SSSR count). The van der Waals surface area contributed by atoms with E-state index in [2.05, 4.69) is 45.3 Å². The van der Waals surface area contributed by atoms with Crippen LogP contribution < -0.4 is 0 Å². The van der Waals surface area contributed by atoms with E-state index >= 15 is 0 Å². The number of H-pyrrole nitrogens is 1. The van der Waals surface area contributed by atoms with Crippen molar-refractivity contribution >= 4 is 28.6 Å². The highest BCUT2D eigenvalue weighted by Gasteiger charge is 2.24. The second kappa shape index (κ2) is 8.75. The Balaban J connectivity index is 1.27. The number of carboxylic acids is 1. The third kappa shape index (κ3) is 4.39. The molecule has 2 N–H and O–H groups in total. The number of fused-ring (bicyclic) bond motifs is 1. The van der Waals surface area contributed by atoms with Crippen LogP contribution in [0.2, 0.25) is 5.02 Å². The zero-order chi connectivity index (χ0) is 22.1. The summed E-state index contributed by atoms with van der Waals surface area (Å²) in [4.78, 5) is 23.4. The summed E-state index contributed by atoms with van der Waals surface area (Å²) >= 11 is 6.06. The molecular weight excluding hydrogens is 422 g/mol. The monoisotopic (exact) mass is 445 g/mol. The second-order valence-electron chi connectivity index (χ2n) is 8.62. The van der Waals surface area contributed by atoms with Crippen molar-refractivity contribution < 1.29 is 9.90 Å². The molecule has 1 saturated carbocycles. The molecule has 2 aromatic carbocycles. The van der Waals surface area contributed by atoms with Gasteiger partial charge in [0.15, 0.2) is 5.82 Å². The SMILES string of the molecule is O=C(O)CC1CCC(c2ccc(-c3ccc(-c4nc5ccc(Cl)cc5[nH]4)nc3)cc2)CC1. The molecule has 0 unspecified atom stereocenters. The Morgan fingerprint density at radius 1 is 1.00 bits per heavy atom. The molecule has 6 heteroatoms. The Morgan fingerprint density at radius 2 is 1.75 bits per heavy atom. The lowest BCUT2D eigenvalue weighted by Gasteiger charge is -2.28. The third-order valence-electron chi connectivity index (χ3n) is 6.48. The van der Waals surface area contributed by atoms with Gasteiger partial charge in [-0.05, 0) is 72.9 Å². The number of rotatable bonds is 5. The van der Waals surface area contributed by atoms with Crippen molar-refractivity contribution in [3.05, 3.63) is 71.4 Å². The number of aliphatic carboxylic acids is 1. The van der Waals surface area contributed by atoms with Crippen LogP contribution >= 0.6 is 11.6 Å². The van der Waals surface area contributed by atoms with E-state index in [1.807, 2.05) is 30.5 Å². The van der Waals surface area contributed by atoms with Gasteiger partial charge in [-0.2, -0.15) is 0 Å². The third-order valence-corrected chi connectivity index (χ3v) is 6.71. The summed E-state index contributed by atoms with van der Waals surface area (Å²) in [5, 5.41) is 9.67. The van der Waals surface area contributed by atoms with Gasteiger partial charge in [0.25, 0.3) is 0 Å². The molecule has 2 aromatic heterocycles. The van der Waals surface area contributed by atoms with E-state index in [-0.39, 0.29) is 0 Å². The molecule has 1 aliphatic carbocycles. The standard InChI is InChI=1S/C26H24ClN3O2/c27-21-10-12-22-24(14-21)30-26(29-22)23-11-9-20(15-28-23)19-7-5-18(6-8-19)17-3-1-16(2-4-17)13-25(31)32/h5-12,14-17H,1-4,13H2,(H,29,30)(H,31,32). The number of aromatic nitrogens is 3. The number of carboxylic acid groups (broad SMARTS) is 1. The van der Waals surface area contributed by atoms with Crippen LogP contribution in [0.3, 0.4) is 0 Å². The fourth-order valence-electron chi connectivity index (χ4n) is 4.70. The lowest BCUT2D eigenvalue weighted by atomic mass is 9.77. The molecule has 1 fully saturated rings. The maximum Gasteiger partial charge on any atom is 0.303 e. The zero-order valence-electron chi connectivity index (χ0n) is 17.6. The molecule has 0 radical (unpaired) electrons. The van der Waals surface area contributed by atoms with Gasteiger partial charge in [-0.3, -0.25) is 9.78 Å². The van der Waals surface area contributed by atoms with Crippen LogP contribution in [0.1, 0.15) is 43.6 Å². The minimum atomic E-state index is -0.679. The molecule has 0 saturated heterocycles. The lowest BCUT2D eigenvalue weighted by Crippen LogP contribution is -2.16. The van der Waals surface area contributed by atoms with Crippen molar-refractivity contribution in [1.29, 1.82) is 0 Å². The summed E-state index contributed by atoms with van der Waals surface area (Å²) in [7, 11) is 0. The fraction of sp³-hybridized carbons (Fsp3) is 0.269. The topological polar surface area (TPSA) is 78.9 Å². The van der Waals surface area contributed by atoms with Gasteiger partial charge >= 0.3 is 5.97 Å². The first-order chi connectivity index (χ1) is 15.5. The molecule has 2 heterocycles. The molecule has 162 valence electrons. The van der Waals surface area contributed by atoms with E-state index in [9.17, 15) is 4.79 Å². The number of halogens is 1. The minimum absolute atomic E-state index is 0.302. The molecule has 0 spiro atoms. The predicted octanol–water partition coefficient (Wildman–Crippen LogP) is 6.69. The van der Waals surface area contributed by atoms with E-state index in [0.717, 1.165) is 59.4 Å². The molecule has 0 atom stereocenters. The van der Waals surface area contributed by atoms with Crippen LogP contribution in [0, 0.1) is 5.92 Å². The average molecular weight is 446 g/mol. The van der Waals surface area contributed by atoms with Crippen molar-refractivity contribution in [2.45, 2.75) is 38.0 Å². The Morgan fingerprint density at radius 3 is 2.44 bits per heavy atom. The van der Waals surface area contributed by atoms with Crippen LogP contribution in [-0.2, 0) is 4.79 Å². The first kappa shape index (κ1) is 20.7. The van der Waals surface area contributed by atoms with Gasteiger partial charge in [0, 0.05) is 23.2 Å². The largest absolute Gasteiger partial charge is 0.481 e. The van der Waals surface area contributed by atoms with Crippen molar-refractivity contribution in [2.24, 2.45) is 5.92 Å². The predicted molar refractivity (Wildman–Crippen MR) is 127 cm³/mol. The zero-order valence-corrected chi connectivity index (χ0v) is 18.3. The molecule has 4 aromatic rings.